The number of benzene rings is 3. The fraction of sp³-hybridized carbons (Fsp3) is 0.324. The van der Waals surface area contributed by atoms with Crippen molar-refractivity contribution in [3.63, 3.8) is 0 Å². The molecule has 0 spiro atoms. The molecule has 9 heterocycles. The average molecular weight is 1320 g/mol. The molecule has 0 amide bonds. The van der Waals surface area contributed by atoms with Gasteiger partial charge in [0.2, 0.25) is 11.8 Å². The number of nitrogens with one attached hydrogen (secondary N) is 4. The summed E-state index contributed by atoms with van der Waals surface area (Å²) in [4.78, 5) is 73.3. The zero-order chi connectivity index (χ0) is 66.9. The van der Waals surface area contributed by atoms with Crippen LogP contribution in [0.3, 0.4) is 0 Å². The lowest BCUT2D eigenvalue weighted by atomic mass is 9.95. The van der Waals surface area contributed by atoms with Crippen molar-refractivity contribution in [3.8, 4) is 45.1 Å². The number of nitrogens with two attached hydrogens (primary N) is 3. The first-order chi connectivity index (χ1) is 44.8. The summed E-state index contributed by atoms with van der Waals surface area (Å²) in [6, 6.07) is 29.3. The number of ether oxygens (including phenoxy) is 3. The predicted molar refractivity (Wildman–Crippen MR) is 378 cm³/mol. The van der Waals surface area contributed by atoms with Crippen LogP contribution in [0.15, 0.2) is 116 Å². The Balaban J connectivity index is 0.000000163. The number of thiophene rings is 3. The van der Waals surface area contributed by atoms with Gasteiger partial charge in [-0.25, -0.2) is 14.4 Å². The predicted octanol–water partition coefficient (Wildman–Crippen LogP) is 15.3. The summed E-state index contributed by atoms with van der Waals surface area (Å²) >= 11 is 4.00. The van der Waals surface area contributed by atoms with E-state index >= 15 is 0 Å². The Bertz CT molecular complexity index is 4870. The third-order valence-corrected chi connectivity index (χ3v) is 19.8. The average Bonchev–Trinajstić information content (AvgIpc) is 1.75. The fourth-order valence-corrected chi connectivity index (χ4v) is 14.3. The molecule has 0 radical (unpaired) electrons. The first-order valence-electron chi connectivity index (χ1n) is 30.9. The Morgan fingerprint density at radius 1 is 0.527 bits per heavy atom. The van der Waals surface area contributed by atoms with Crippen molar-refractivity contribution < 1.29 is 27.4 Å². The molecule has 0 bridgehead atoms. The van der Waals surface area contributed by atoms with E-state index in [2.05, 4.69) is 49.8 Å². The van der Waals surface area contributed by atoms with E-state index in [4.69, 9.17) is 31.4 Å². The number of fused-ring (bicyclic) bond motifs is 9. The van der Waals surface area contributed by atoms with Crippen LogP contribution in [0, 0.1) is 20.8 Å². The lowest BCUT2D eigenvalue weighted by Crippen LogP contribution is -2.15. The molecule has 12 rings (SSSR count). The first-order valence-corrected chi connectivity index (χ1v) is 33.4. The van der Waals surface area contributed by atoms with Crippen molar-refractivity contribution in [1.29, 1.82) is 0 Å². The summed E-state index contributed by atoms with van der Waals surface area (Å²) in [6.45, 7) is 14.3. The zero-order valence-corrected chi connectivity index (χ0v) is 56.2. The van der Waals surface area contributed by atoms with Crippen molar-refractivity contribution in [1.82, 2.24) is 29.9 Å². The third-order valence-electron chi connectivity index (χ3n) is 16.6. The zero-order valence-electron chi connectivity index (χ0n) is 53.8. The molecule has 3 unspecified atom stereocenters. The van der Waals surface area contributed by atoms with Gasteiger partial charge in [-0.05, 0) is 134 Å². The first kappa shape index (κ1) is 69.0. The molecule has 0 saturated heterocycles. The van der Waals surface area contributed by atoms with Gasteiger partial charge in [0.05, 0.1) is 51.7 Å². The highest BCUT2D eigenvalue weighted by molar-refractivity contribution is 7.19. The van der Waals surface area contributed by atoms with Gasteiger partial charge in [0, 0.05) is 61.5 Å². The Labute approximate surface area is 547 Å². The molecular formula is C71H78F3N9O7S3. The van der Waals surface area contributed by atoms with Crippen LogP contribution in [0.4, 0.5) is 13.2 Å². The number of pyridine rings is 6. The van der Waals surface area contributed by atoms with Crippen LogP contribution in [0.1, 0.15) is 115 Å². The smallest absolute Gasteiger partial charge is 0.388 e. The molecule has 488 valence electrons. The third kappa shape index (κ3) is 14.4. The Kier molecular flexibility index (Phi) is 22.7. The Hall–Kier alpha value is -8.35. The Morgan fingerprint density at radius 2 is 0.968 bits per heavy atom. The van der Waals surface area contributed by atoms with Crippen LogP contribution in [0.5, 0.6) is 11.8 Å². The van der Waals surface area contributed by atoms with E-state index in [1.54, 1.807) is 32.6 Å². The monoisotopic (exact) mass is 1320 g/mol. The number of alkyl halides is 3. The molecule has 22 heteroatoms. The highest BCUT2D eigenvalue weighted by atomic mass is 32.1. The molecule has 0 aliphatic heterocycles. The van der Waals surface area contributed by atoms with Crippen molar-refractivity contribution in [2.45, 2.75) is 112 Å². The van der Waals surface area contributed by atoms with Crippen molar-refractivity contribution in [2.75, 3.05) is 40.5 Å². The SMILES string of the molecule is CC.COCCCCCc1cc2c(s1)c(=O)[nH]c1c(C)[nH]c(=O)c(-c3ccc(C(C)CN)cc3)c12.COc1nc(C)c2[nH]c(=O)c3sc(CF)cc3c2c1-c1ccc(C(C)CN)cc1.Cc1nc(OC(F)F)c(-c2ccc(C(C)CN)cc2)c2c1[nH]c(=O)c1sccc12. The maximum absolute atomic E-state index is 13.3. The molecule has 0 aliphatic rings. The minimum Gasteiger partial charge on any atom is -0.481 e. The topological polar surface area (TPSA) is 263 Å². The summed E-state index contributed by atoms with van der Waals surface area (Å²) in [5.41, 5.74) is 27.7. The van der Waals surface area contributed by atoms with Crippen LogP contribution >= 0.6 is 34.0 Å². The number of H-pyrrole nitrogens is 4. The number of aromatic amines is 4. The highest BCUT2D eigenvalue weighted by Gasteiger charge is 2.25. The number of halogens is 3. The molecule has 9 aromatic heterocycles. The quantitative estimate of drug-likeness (QED) is 0.0373. The molecule has 3 atom stereocenters. The lowest BCUT2D eigenvalue weighted by molar-refractivity contribution is -0.0524. The van der Waals surface area contributed by atoms with Gasteiger partial charge >= 0.3 is 6.61 Å². The number of hydrogen-bond donors (Lipinski definition) is 7. The molecule has 12 aromatic rings. The van der Waals surface area contributed by atoms with Gasteiger partial charge in [0.25, 0.3) is 22.2 Å². The second-order valence-electron chi connectivity index (χ2n) is 22.7. The second kappa shape index (κ2) is 30.6. The van der Waals surface area contributed by atoms with E-state index in [0.717, 1.165) is 92.1 Å². The Morgan fingerprint density at radius 3 is 1.45 bits per heavy atom. The van der Waals surface area contributed by atoms with E-state index in [-0.39, 0.29) is 45.9 Å². The van der Waals surface area contributed by atoms with E-state index in [1.165, 1.54) is 34.0 Å². The second-order valence-corrected chi connectivity index (χ2v) is 25.9. The molecule has 93 heavy (non-hydrogen) atoms. The molecule has 3 aromatic carbocycles. The van der Waals surface area contributed by atoms with Crippen LogP contribution in [0.25, 0.3) is 96.3 Å². The number of unbranched alkanes of at least 4 members (excludes halogenated alkanes) is 2. The summed E-state index contributed by atoms with van der Waals surface area (Å²) in [6.07, 6.45) is 4.06. The van der Waals surface area contributed by atoms with Gasteiger partial charge in [-0.3, -0.25) is 19.2 Å². The maximum atomic E-state index is 13.3. The van der Waals surface area contributed by atoms with Crippen LogP contribution in [-0.2, 0) is 17.8 Å². The van der Waals surface area contributed by atoms with Crippen molar-refractivity contribution >= 4 is 97.0 Å². The number of nitrogens with zero attached hydrogens (tertiary/aromatic N) is 2. The standard InChI is InChI=1S/C26H31N3O3S.C22H22FN3O2S.C21H19F2N3O2S.C2H6/c1-15(14-27)17-8-10-18(11-9-17)21-22-20-13-19(7-5-4-6-12-32-3)33-24(20)26(31)29-23(22)16(2)28-25(21)30;1-11(10-24)13-4-6-14(7-5-13)17-18-16-8-15(9-23)29-20(16)21(27)26-19(18)12(2)25-22(17)28-3;1-10(9-24)12-3-5-13(6-4-12)15-16-14-7-8-29-18(14)19(27)26-17(16)11(2)25-20(15)28-21(22)23;1-2/h8-11,13,15H,4-7,12,14,27H2,1-3H3,(H,28,30)(H,29,31);4-8,11H,9-10,24H2,1-3H3,(H,26,27);3-8,10,21H,9,24H2,1-2H3,(H,26,27);1-2H3. The lowest BCUT2D eigenvalue weighted by Gasteiger charge is -2.16. The van der Waals surface area contributed by atoms with Crippen LogP contribution in [0.2, 0.25) is 0 Å². The molecule has 0 fully saturated rings. The van der Waals surface area contributed by atoms with Crippen molar-refractivity contribution in [3.05, 3.63) is 181 Å². The van der Waals surface area contributed by atoms with Crippen LogP contribution in [-0.4, -0.2) is 77.0 Å². The van der Waals surface area contributed by atoms with E-state index in [1.807, 2.05) is 113 Å². The van der Waals surface area contributed by atoms with Gasteiger partial charge in [-0.2, -0.15) is 8.78 Å². The number of methoxy groups -OCH3 is 2. The van der Waals surface area contributed by atoms with E-state index in [0.29, 0.717) is 106 Å². The van der Waals surface area contributed by atoms with Gasteiger partial charge in [0.15, 0.2) is 0 Å². The largest absolute Gasteiger partial charge is 0.481 e. The number of aromatic nitrogens is 6. The summed E-state index contributed by atoms with van der Waals surface area (Å²) < 4.78 is 56.9. The maximum Gasteiger partial charge on any atom is 0.388 e. The number of rotatable bonds is 19. The van der Waals surface area contributed by atoms with Crippen LogP contribution < -0.4 is 48.9 Å². The fourth-order valence-electron chi connectivity index (χ4n) is 11.5. The number of hydrogen-bond acceptors (Lipinski definition) is 15. The minimum atomic E-state index is -3.02. The number of aryl methyl sites for hydroxylation is 4. The van der Waals surface area contributed by atoms with E-state index < -0.39 is 13.3 Å². The normalized spacial score (nSPS) is 12.4. The van der Waals surface area contributed by atoms with Gasteiger partial charge in [-0.1, -0.05) is 114 Å². The molecule has 10 N–H and O–H groups in total. The highest BCUT2D eigenvalue weighted by Crippen LogP contribution is 2.44. The van der Waals surface area contributed by atoms with Gasteiger partial charge in [0.1, 0.15) is 20.8 Å². The molecule has 16 nitrogen and oxygen atoms in total. The summed E-state index contributed by atoms with van der Waals surface area (Å²) in [7, 11) is 3.29. The van der Waals surface area contributed by atoms with Gasteiger partial charge in [-0.15, -0.1) is 34.0 Å². The summed E-state index contributed by atoms with van der Waals surface area (Å²) in [5, 5.41) is 6.34. The molecule has 0 aliphatic carbocycles. The molecule has 0 saturated carbocycles. The van der Waals surface area contributed by atoms with Crippen molar-refractivity contribution in [2.24, 2.45) is 17.2 Å². The van der Waals surface area contributed by atoms with E-state index in [9.17, 15) is 32.3 Å². The van der Waals surface area contributed by atoms with Gasteiger partial charge < -0.3 is 51.3 Å². The summed E-state index contributed by atoms with van der Waals surface area (Å²) in [5.74, 6) is 0.984. The minimum absolute atomic E-state index is 0.110. The molecular weight excluding hydrogens is 1240 g/mol.